The van der Waals surface area contributed by atoms with Gasteiger partial charge in [-0.05, 0) is 11.6 Å². The van der Waals surface area contributed by atoms with Crippen molar-refractivity contribution in [2.24, 2.45) is 4.99 Å². The van der Waals surface area contributed by atoms with E-state index in [1.54, 1.807) is 7.05 Å². The lowest BCUT2D eigenvalue weighted by Crippen LogP contribution is -2.19. The highest BCUT2D eigenvalue weighted by Gasteiger charge is 2.17. The van der Waals surface area contributed by atoms with Crippen LogP contribution in [-0.2, 0) is 11.3 Å². The Morgan fingerprint density at radius 3 is 3.00 bits per heavy atom. The van der Waals surface area contributed by atoms with Crippen LogP contribution in [0.3, 0.4) is 0 Å². The average molecular weight is 196 g/mol. The second kappa shape index (κ2) is 3.48. The van der Waals surface area contributed by atoms with Gasteiger partial charge in [0.1, 0.15) is 0 Å². The molecule has 13 heavy (non-hydrogen) atoms. The molecule has 0 aromatic heterocycles. The lowest BCUT2D eigenvalue weighted by molar-refractivity contribution is 0.152. The smallest absolute Gasteiger partial charge is 0.0894 e. The number of aliphatic imine (C=N–C) groups is 1. The van der Waals surface area contributed by atoms with Crippen molar-refractivity contribution in [2.45, 2.75) is 6.61 Å². The van der Waals surface area contributed by atoms with Crippen molar-refractivity contribution in [3.05, 3.63) is 34.3 Å². The summed E-state index contributed by atoms with van der Waals surface area (Å²) >= 11 is 6.08. The zero-order chi connectivity index (χ0) is 9.26. The van der Waals surface area contributed by atoms with Gasteiger partial charge in [-0.3, -0.25) is 4.99 Å². The summed E-state index contributed by atoms with van der Waals surface area (Å²) in [7, 11) is 1.76. The first-order valence-corrected chi connectivity index (χ1v) is 4.52. The average Bonchev–Trinajstić information content (AvgIpc) is 2.17. The molecule has 0 atom stereocenters. The zero-order valence-corrected chi connectivity index (χ0v) is 8.14. The van der Waals surface area contributed by atoms with Crippen molar-refractivity contribution in [2.75, 3.05) is 13.7 Å². The van der Waals surface area contributed by atoms with Crippen LogP contribution < -0.4 is 0 Å². The van der Waals surface area contributed by atoms with E-state index in [0.29, 0.717) is 13.2 Å². The van der Waals surface area contributed by atoms with Crippen LogP contribution in [0.5, 0.6) is 0 Å². The van der Waals surface area contributed by atoms with E-state index < -0.39 is 0 Å². The van der Waals surface area contributed by atoms with Gasteiger partial charge < -0.3 is 4.74 Å². The largest absolute Gasteiger partial charge is 0.370 e. The van der Waals surface area contributed by atoms with E-state index in [1.165, 1.54) is 0 Å². The van der Waals surface area contributed by atoms with Crippen LogP contribution in [-0.4, -0.2) is 19.4 Å². The minimum Gasteiger partial charge on any atom is -0.370 e. The molecule has 1 aliphatic rings. The van der Waals surface area contributed by atoms with Gasteiger partial charge in [0.2, 0.25) is 0 Å². The molecule has 0 saturated carbocycles. The van der Waals surface area contributed by atoms with Crippen LogP contribution >= 0.6 is 11.6 Å². The molecule has 0 fully saturated rings. The quantitative estimate of drug-likeness (QED) is 0.623. The molecule has 0 aliphatic carbocycles. The van der Waals surface area contributed by atoms with E-state index in [2.05, 4.69) is 4.99 Å². The van der Waals surface area contributed by atoms with E-state index in [9.17, 15) is 0 Å². The van der Waals surface area contributed by atoms with Gasteiger partial charge in [-0.2, -0.15) is 0 Å². The molecule has 2 nitrogen and oxygen atoms in total. The van der Waals surface area contributed by atoms with Gasteiger partial charge in [0.25, 0.3) is 0 Å². The number of rotatable bonds is 0. The summed E-state index contributed by atoms with van der Waals surface area (Å²) in [5.74, 6) is 0. The Hall–Kier alpha value is -0.860. The monoisotopic (exact) mass is 195 g/mol. The Bertz CT molecular complexity index is 360. The summed E-state index contributed by atoms with van der Waals surface area (Å²) in [5.41, 5.74) is 3.11. The minimum atomic E-state index is 0.563. The molecule has 0 radical (unpaired) electrons. The fraction of sp³-hybridized carbons (Fsp3) is 0.300. The van der Waals surface area contributed by atoms with Crippen LogP contribution in [0.1, 0.15) is 11.1 Å². The van der Waals surface area contributed by atoms with Crippen molar-refractivity contribution in [3.8, 4) is 0 Å². The maximum Gasteiger partial charge on any atom is 0.0894 e. The summed E-state index contributed by atoms with van der Waals surface area (Å²) in [6.45, 7) is 1.20. The van der Waals surface area contributed by atoms with E-state index in [4.69, 9.17) is 16.3 Å². The predicted molar refractivity (Wildman–Crippen MR) is 53.6 cm³/mol. The molecule has 1 aromatic rings. The summed E-state index contributed by atoms with van der Waals surface area (Å²) < 4.78 is 5.37. The number of ether oxygens (including phenoxy) is 1. The van der Waals surface area contributed by atoms with Gasteiger partial charge in [-0.15, -0.1) is 0 Å². The Labute approximate surface area is 82.2 Å². The number of halogens is 1. The predicted octanol–water partition coefficient (Wildman–Crippen LogP) is 2.29. The van der Waals surface area contributed by atoms with Gasteiger partial charge in [0.15, 0.2) is 0 Å². The van der Waals surface area contributed by atoms with Crippen LogP contribution in [0.2, 0.25) is 5.02 Å². The number of benzene rings is 1. The highest BCUT2D eigenvalue weighted by molar-refractivity contribution is 6.34. The van der Waals surface area contributed by atoms with Crippen molar-refractivity contribution in [1.82, 2.24) is 0 Å². The highest BCUT2D eigenvalue weighted by atomic mass is 35.5. The maximum atomic E-state index is 6.08. The van der Waals surface area contributed by atoms with Gasteiger partial charge in [-0.1, -0.05) is 23.7 Å². The molecule has 1 aromatic carbocycles. The molecular formula is C10H10ClNO. The van der Waals surface area contributed by atoms with E-state index in [1.807, 2.05) is 18.2 Å². The molecule has 2 rings (SSSR count). The number of nitrogens with zero attached hydrogens (tertiary/aromatic N) is 1. The normalized spacial score (nSPS) is 18.8. The van der Waals surface area contributed by atoms with Crippen molar-refractivity contribution in [1.29, 1.82) is 0 Å². The summed E-state index contributed by atoms with van der Waals surface area (Å²) in [6, 6.07) is 5.84. The fourth-order valence-corrected chi connectivity index (χ4v) is 1.82. The molecule has 1 aliphatic heterocycles. The van der Waals surface area contributed by atoms with Gasteiger partial charge in [0.05, 0.1) is 23.9 Å². The Morgan fingerprint density at radius 1 is 1.38 bits per heavy atom. The standard InChI is InChI=1S/C10H10ClNO/c1-12-9-6-13-5-7-3-2-4-8(11)10(7)9/h2-4H,5-6H2,1H3. The van der Waals surface area contributed by atoms with Crippen LogP contribution in [0.15, 0.2) is 23.2 Å². The van der Waals surface area contributed by atoms with E-state index in [-0.39, 0.29) is 0 Å². The molecule has 0 amide bonds. The topological polar surface area (TPSA) is 21.6 Å². The second-order valence-corrected chi connectivity index (χ2v) is 3.34. The van der Waals surface area contributed by atoms with E-state index >= 15 is 0 Å². The van der Waals surface area contributed by atoms with E-state index in [0.717, 1.165) is 21.9 Å². The first-order chi connectivity index (χ1) is 6.33. The highest BCUT2D eigenvalue weighted by Crippen LogP contribution is 2.24. The summed E-state index contributed by atoms with van der Waals surface area (Å²) in [4.78, 5) is 4.16. The fourth-order valence-electron chi connectivity index (χ4n) is 1.52. The van der Waals surface area contributed by atoms with Crippen LogP contribution in [0.4, 0.5) is 0 Å². The molecule has 0 unspecified atom stereocenters. The van der Waals surface area contributed by atoms with Crippen LogP contribution in [0, 0.1) is 0 Å². The summed E-state index contributed by atoms with van der Waals surface area (Å²) in [5, 5.41) is 0.765. The molecule has 3 heteroatoms. The molecule has 68 valence electrons. The Kier molecular flexibility index (Phi) is 2.34. The van der Waals surface area contributed by atoms with Crippen LogP contribution in [0.25, 0.3) is 0 Å². The minimum absolute atomic E-state index is 0.563. The summed E-state index contributed by atoms with van der Waals surface area (Å²) in [6.07, 6.45) is 0. The second-order valence-electron chi connectivity index (χ2n) is 2.94. The Balaban J connectivity index is 2.60. The lowest BCUT2D eigenvalue weighted by atomic mass is 10.0. The van der Waals surface area contributed by atoms with Gasteiger partial charge in [-0.25, -0.2) is 0 Å². The first-order valence-electron chi connectivity index (χ1n) is 4.14. The number of hydrogen-bond donors (Lipinski definition) is 0. The van der Waals surface area contributed by atoms with Crippen molar-refractivity contribution < 1.29 is 4.74 Å². The van der Waals surface area contributed by atoms with Gasteiger partial charge in [0, 0.05) is 12.6 Å². The molecule has 0 N–H and O–H groups in total. The molecule has 0 bridgehead atoms. The number of hydrogen-bond acceptors (Lipinski definition) is 2. The third kappa shape index (κ3) is 1.47. The molecule has 0 saturated heterocycles. The molecular weight excluding hydrogens is 186 g/mol. The number of fused-ring (bicyclic) bond motifs is 1. The molecule has 1 heterocycles. The third-order valence-corrected chi connectivity index (χ3v) is 2.47. The Morgan fingerprint density at radius 2 is 2.23 bits per heavy atom. The third-order valence-electron chi connectivity index (χ3n) is 2.15. The van der Waals surface area contributed by atoms with Crippen molar-refractivity contribution >= 4 is 17.3 Å². The SMILES string of the molecule is CN=C1COCc2cccc(Cl)c21. The van der Waals surface area contributed by atoms with Gasteiger partial charge >= 0.3 is 0 Å². The first kappa shape index (κ1) is 8.73. The van der Waals surface area contributed by atoms with Crippen molar-refractivity contribution in [3.63, 3.8) is 0 Å². The lowest BCUT2D eigenvalue weighted by Gasteiger charge is -2.19. The zero-order valence-electron chi connectivity index (χ0n) is 7.38. The molecule has 0 spiro atoms. The maximum absolute atomic E-state index is 6.08.